The van der Waals surface area contributed by atoms with Gasteiger partial charge in [0.1, 0.15) is 18.9 Å². The van der Waals surface area contributed by atoms with E-state index in [-0.39, 0.29) is 13.1 Å². The number of methoxy groups -OCH3 is 1. The molecule has 4 aromatic rings. The molecule has 4 rings (SSSR count). The van der Waals surface area contributed by atoms with Crippen molar-refractivity contribution >= 4 is 17.6 Å². The number of amides is 1. The second kappa shape index (κ2) is 9.95. The van der Waals surface area contributed by atoms with Gasteiger partial charge in [-0.05, 0) is 36.4 Å². The van der Waals surface area contributed by atoms with Crippen molar-refractivity contribution in [3.05, 3.63) is 95.0 Å². The van der Waals surface area contributed by atoms with Gasteiger partial charge >= 0.3 is 5.97 Å². The van der Waals surface area contributed by atoms with Crippen LogP contribution >= 0.6 is 0 Å². The van der Waals surface area contributed by atoms with Crippen molar-refractivity contribution in [3.8, 4) is 22.6 Å². The molecule has 2 heterocycles. The SMILES string of the molecule is COC(=O)Cn1nc(-c2ccccc2)cc1-c1cccc(=O)n1CC(=O)Nc1ccc(F)cc1. The number of pyridine rings is 1. The maximum Gasteiger partial charge on any atom is 0.327 e. The Kier molecular flexibility index (Phi) is 6.63. The van der Waals surface area contributed by atoms with Gasteiger partial charge in [-0.1, -0.05) is 36.4 Å². The Hall–Kier alpha value is -4.53. The van der Waals surface area contributed by atoms with Gasteiger partial charge in [0.2, 0.25) is 5.91 Å². The lowest BCUT2D eigenvalue weighted by Gasteiger charge is -2.14. The standard InChI is InChI=1S/C25H21FN4O4/c1-34-25(33)16-30-22(14-20(28-30)17-6-3-2-4-7-17)21-8-5-9-24(32)29(21)15-23(31)27-19-12-10-18(26)11-13-19/h2-14H,15-16H2,1H3,(H,27,31). The van der Waals surface area contributed by atoms with Gasteiger partial charge in [-0.2, -0.15) is 5.10 Å². The van der Waals surface area contributed by atoms with Crippen LogP contribution in [0.1, 0.15) is 0 Å². The van der Waals surface area contributed by atoms with Crippen molar-refractivity contribution in [3.63, 3.8) is 0 Å². The molecule has 0 unspecified atom stereocenters. The molecule has 0 spiro atoms. The number of hydrogen-bond acceptors (Lipinski definition) is 5. The van der Waals surface area contributed by atoms with E-state index in [0.29, 0.717) is 22.8 Å². The summed E-state index contributed by atoms with van der Waals surface area (Å²) < 4.78 is 20.7. The van der Waals surface area contributed by atoms with Gasteiger partial charge in [-0.25, -0.2) is 4.39 Å². The predicted molar refractivity (Wildman–Crippen MR) is 124 cm³/mol. The Morgan fingerprint density at radius 3 is 2.38 bits per heavy atom. The fraction of sp³-hybridized carbons (Fsp3) is 0.120. The Bertz CT molecular complexity index is 1380. The van der Waals surface area contributed by atoms with Crippen LogP contribution in [0.4, 0.5) is 10.1 Å². The quantitative estimate of drug-likeness (QED) is 0.427. The first-order valence-electron chi connectivity index (χ1n) is 10.4. The molecule has 1 amide bonds. The van der Waals surface area contributed by atoms with E-state index in [2.05, 4.69) is 10.4 Å². The average molecular weight is 460 g/mol. The predicted octanol–water partition coefficient (Wildman–Crippen LogP) is 3.33. The monoisotopic (exact) mass is 460 g/mol. The molecule has 0 aliphatic carbocycles. The van der Waals surface area contributed by atoms with Crippen molar-refractivity contribution in [1.82, 2.24) is 14.3 Å². The number of aromatic nitrogens is 3. The van der Waals surface area contributed by atoms with E-state index < -0.39 is 23.3 Å². The van der Waals surface area contributed by atoms with Gasteiger partial charge in [0, 0.05) is 17.3 Å². The van der Waals surface area contributed by atoms with Crippen LogP contribution in [0.3, 0.4) is 0 Å². The second-order valence-corrected chi connectivity index (χ2v) is 7.41. The van der Waals surface area contributed by atoms with E-state index in [0.717, 1.165) is 5.56 Å². The number of carbonyl (C=O) groups excluding carboxylic acids is 2. The van der Waals surface area contributed by atoms with Crippen LogP contribution in [0.2, 0.25) is 0 Å². The van der Waals surface area contributed by atoms with Gasteiger partial charge in [0.05, 0.1) is 24.2 Å². The molecule has 1 N–H and O–H groups in total. The number of esters is 1. The summed E-state index contributed by atoms with van der Waals surface area (Å²) in [5.74, 6) is -1.40. The van der Waals surface area contributed by atoms with Crippen LogP contribution in [0.25, 0.3) is 22.6 Å². The molecule has 2 aromatic heterocycles. The first kappa shape index (κ1) is 22.7. The van der Waals surface area contributed by atoms with Gasteiger partial charge in [-0.3, -0.25) is 23.6 Å². The molecule has 8 nitrogen and oxygen atoms in total. The fourth-order valence-electron chi connectivity index (χ4n) is 3.46. The zero-order valence-corrected chi connectivity index (χ0v) is 18.3. The molecule has 9 heteroatoms. The number of halogens is 1. The van der Waals surface area contributed by atoms with Gasteiger partial charge < -0.3 is 10.1 Å². The zero-order chi connectivity index (χ0) is 24.1. The van der Waals surface area contributed by atoms with E-state index in [1.54, 1.807) is 18.2 Å². The highest BCUT2D eigenvalue weighted by atomic mass is 19.1. The smallest absolute Gasteiger partial charge is 0.327 e. The number of benzene rings is 2. The number of rotatable bonds is 7. The van der Waals surface area contributed by atoms with Crippen LogP contribution in [-0.4, -0.2) is 33.3 Å². The van der Waals surface area contributed by atoms with E-state index in [9.17, 15) is 18.8 Å². The lowest BCUT2D eigenvalue weighted by molar-refractivity contribution is -0.141. The summed E-state index contributed by atoms with van der Waals surface area (Å²) in [5.41, 5.74) is 2.29. The average Bonchev–Trinajstić information content (AvgIpc) is 3.25. The Morgan fingerprint density at radius 1 is 0.941 bits per heavy atom. The molecular formula is C25H21FN4O4. The normalized spacial score (nSPS) is 10.6. The molecule has 0 atom stereocenters. The number of ether oxygens (including phenoxy) is 1. The number of nitrogens with zero attached hydrogens (tertiary/aromatic N) is 3. The molecule has 0 saturated carbocycles. The molecule has 2 aromatic carbocycles. The third-order valence-corrected chi connectivity index (χ3v) is 5.10. The maximum absolute atomic E-state index is 13.1. The Morgan fingerprint density at radius 2 is 1.68 bits per heavy atom. The highest BCUT2D eigenvalue weighted by Crippen LogP contribution is 2.26. The maximum atomic E-state index is 13.1. The van der Waals surface area contributed by atoms with E-state index in [1.165, 1.54) is 46.7 Å². The number of anilines is 1. The second-order valence-electron chi connectivity index (χ2n) is 7.41. The first-order valence-corrected chi connectivity index (χ1v) is 10.4. The van der Waals surface area contributed by atoms with Gasteiger partial charge in [0.15, 0.2) is 0 Å². The van der Waals surface area contributed by atoms with Crippen LogP contribution in [0.5, 0.6) is 0 Å². The number of nitrogens with one attached hydrogen (secondary N) is 1. The van der Waals surface area contributed by atoms with Crippen molar-refractivity contribution in [2.45, 2.75) is 13.1 Å². The molecule has 0 radical (unpaired) electrons. The Balaban J connectivity index is 1.72. The molecular weight excluding hydrogens is 439 g/mol. The highest BCUT2D eigenvalue weighted by Gasteiger charge is 2.18. The number of carbonyl (C=O) groups is 2. The summed E-state index contributed by atoms with van der Waals surface area (Å²) in [5, 5.41) is 7.18. The highest BCUT2D eigenvalue weighted by molar-refractivity contribution is 5.90. The minimum Gasteiger partial charge on any atom is -0.468 e. The topological polar surface area (TPSA) is 95.2 Å². The molecule has 0 aliphatic heterocycles. The first-order chi connectivity index (χ1) is 16.4. The minimum absolute atomic E-state index is 0.177. The summed E-state index contributed by atoms with van der Waals surface area (Å²) in [6.45, 7) is -0.472. The van der Waals surface area contributed by atoms with Crippen LogP contribution in [-0.2, 0) is 27.4 Å². The Labute approximate surface area is 194 Å². The summed E-state index contributed by atoms with van der Waals surface area (Å²) >= 11 is 0. The van der Waals surface area contributed by atoms with Crippen LogP contribution in [0.15, 0.2) is 83.7 Å². The van der Waals surface area contributed by atoms with E-state index >= 15 is 0 Å². The summed E-state index contributed by atoms with van der Waals surface area (Å²) in [7, 11) is 1.28. The van der Waals surface area contributed by atoms with Crippen molar-refractivity contribution < 1.29 is 18.7 Å². The third kappa shape index (κ3) is 5.09. The van der Waals surface area contributed by atoms with Gasteiger partial charge in [0.25, 0.3) is 5.56 Å². The van der Waals surface area contributed by atoms with E-state index in [4.69, 9.17) is 4.74 Å². The molecule has 0 bridgehead atoms. The molecule has 172 valence electrons. The third-order valence-electron chi connectivity index (χ3n) is 5.10. The molecule has 34 heavy (non-hydrogen) atoms. The van der Waals surface area contributed by atoms with Crippen LogP contribution < -0.4 is 10.9 Å². The summed E-state index contributed by atoms with van der Waals surface area (Å²) in [6, 6.07) is 21.0. The lowest BCUT2D eigenvalue weighted by atomic mass is 10.1. The largest absolute Gasteiger partial charge is 0.468 e. The molecule has 0 fully saturated rings. The molecule has 0 saturated heterocycles. The molecule has 0 aliphatic rings. The van der Waals surface area contributed by atoms with Gasteiger partial charge in [-0.15, -0.1) is 0 Å². The van der Waals surface area contributed by atoms with Crippen molar-refractivity contribution in [2.24, 2.45) is 0 Å². The fourth-order valence-corrected chi connectivity index (χ4v) is 3.46. The zero-order valence-electron chi connectivity index (χ0n) is 18.3. The summed E-state index contributed by atoms with van der Waals surface area (Å²) in [6.07, 6.45) is 0. The van der Waals surface area contributed by atoms with Crippen LogP contribution in [0, 0.1) is 5.82 Å². The summed E-state index contributed by atoms with van der Waals surface area (Å²) in [4.78, 5) is 37.4. The van der Waals surface area contributed by atoms with Crippen molar-refractivity contribution in [2.75, 3.05) is 12.4 Å². The number of hydrogen-bond donors (Lipinski definition) is 1. The van der Waals surface area contributed by atoms with E-state index in [1.807, 2.05) is 30.3 Å². The van der Waals surface area contributed by atoms with Crippen molar-refractivity contribution in [1.29, 1.82) is 0 Å². The minimum atomic E-state index is -0.511. The lowest BCUT2D eigenvalue weighted by Crippen LogP contribution is -2.28.